The predicted molar refractivity (Wildman–Crippen MR) is 88.0 cm³/mol. The number of benzene rings is 1. The molecule has 8 heteroatoms. The second-order valence-corrected chi connectivity index (χ2v) is 7.10. The molecular formula is C17H21N5O3. The Balaban J connectivity index is 1.43. The summed E-state index contributed by atoms with van der Waals surface area (Å²) in [7, 11) is 0. The first-order valence-corrected chi connectivity index (χ1v) is 8.48. The van der Waals surface area contributed by atoms with E-state index in [1.165, 1.54) is 16.6 Å². The number of likely N-dealkylation sites (tertiary alicyclic amines) is 1. The first-order valence-electron chi connectivity index (χ1n) is 8.48. The highest BCUT2D eigenvalue weighted by molar-refractivity contribution is 5.76. The molecule has 132 valence electrons. The second-order valence-electron chi connectivity index (χ2n) is 7.10. The fourth-order valence-corrected chi connectivity index (χ4v) is 3.71. The maximum Gasteiger partial charge on any atom is 0.244 e. The molecule has 1 saturated heterocycles. The lowest BCUT2D eigenvalue weighted by atomic mass is 9.77. The third-order valence-corrected chi connectivity index (χ3v) is 4.89. The van der Waals surface area contributed by atoms with Crippen LogP contribution in [0.2, 0.25) is 0 Å². The van der Waals surface area contributed by atoms with Gasteiger partial charge < -0.3 is 14.4 Å². The van der Waals surface area contributed by atoms with Crippen molar-refractivity contribution in [2.75, 3.05) is 19.9 Å². The smallest absolute Gasteiger partial charge is 0.244 e. The van der Waals surface area contributed by atoms with Crippen molar-refractivity contribution in [2.24, 2.45) is 5.41 Å². The van der Waals surface area contributed by atoms with Crippen molar-refractivity contribution in [3.8, 4) is 11.5 Å². The first-order chi connectivity index (χ1) is 12.1. The maximum atomic E-state index is 12.5. The number of carbonyl (C=O) groups is 1. The Morgan fingerprint density at radius 1 is 1.32 bits per heavy atom. The van der Waals surface area contributed by atoms with Crippen molar-refractivity contribution in [1.29, 1.82) is 0 Å². The van der Waals surface area contributed by atoms with Crippen molar-refractivity contribution in [3.05, 3.63) is 30.1 Å². The van der Waals surface area contributed by atoms with Crippen LogP contribution in [-0.2, 0) is 17.8 Å². The van der Waals surface area contributed by atoms with Crippen molar-refractivity contribution in [3.63, 3.8) is 0 Å². The number of carbonyl (C=O) groups excluding carboxylic acids is 1. The van der Waals surface area contributed by atoms with Crippen LogP contribution in [0, 0.1) is 5.41 Å². The average molecular weight is 343 g/mol. The zero-order valence-corrected chi connectivity index (χ0v) is 14.2. The third-order valence-electron chi connectivity index (χ3n) is 4.89. The number of amides is 1. The van der Waals surface area contributed by atoms with Crippen molar-refractivity contribution < 1.29 is 14.3 Å². The summed E-state index contributed by atoms with van der Waals surface area (Å²) in [5.41, 5.74) is 1.25. The highest BCUT2D eigenvalue weighted by Gasteiger charge is 2.33. The lowest BCUT2D eigenvalue weighted by Gasteiger charge is -2.40. The van der Waals surface area contributed by atoms with Crippen LogP contribution < -0.4 is 9.47 Å². The van der Waals surface area contributed by atoms with Crippen LogP contribution >= 0.6 is 0 Å². The highest BCUT2D eigenvalue weighted by Crippen LogP contribution is 2.37. The molecule has 1 aromatic carbocycles. The molecule has 2 aromatic rings. The Labute approximate surface area is 145 Å². The van der Waals surface area contributed by atoms with E-state index in [0.29, 0.717) is 0 Å². The van der Waals surface area contributed by atoms with Crippen LogP contribution in [0.5, 0.6) is 11.5 Å². The molecule has 0 N–H and O–H groups in total. The number of nitrogens with zero attached hydrogens (tertiary/aromatic N) is 5. The van der Waals surface area contributed by atoms with Crippen LogP contribution in [-0.4, -0.2) is 50.9 Å². The summed E-state index contributed by atoms with van der Waals surface area (Å²) in [6.07, 6.45) is 4.46. The van der Waals surface area contributed by atoms with Crippen LogP contribution in [0.25, 0.3) is 0 Å². The summed E-state index contributed by atoms with van der Waals surface area (Å²) in [6, 6.07) is 6.10. The van der Waals surface area contributed by atoms with E-state index in [1.807, 2.05) is 11.0 Å². The van der Waals surface area contributed by atoms with E-state index in [4.69, 9.17) is 9.47 Å². The standard InChI is InChI=1S/C17H21N5O3/c1-17(8-13-3-4-14-15(7-13)25-12-24-14)5-2-6-21(10-17)16(23)9-22-11-18-19-20-22/h3-4,7,11H,2,5-6,8-10,12H2,1H3/t17-/m1/s1. The summed E-state index contributed by atoms with van der Waals surface area (Å²) < 4.78 is 12.3. The summed E-state index contributed by atoms with van der Waals surface area (Å²) in [6.45, 7) is 4.25. The van der Waals surface area contributed by atoms with Gasteiger partial charge >= 0.3 is 0 Å². The minimum absolute atomic E-state index is 0.0439. The number of aromatic nitrogens is 4. The Kier molecular flexibility index (Phi) is 4.03. The Morgan fingerprint density at radius 3 is 3.04 bits per heavy atom. The van der Waals surface area contributed by atoms with E-state index in [-0.39, 0.29) is 24.7 Å². The molecule has 1 atom stereocenters. The van der Waals surface area contributed by atoms with Gasteiger partial charge in [0.05, 0.1) is 0 Å². The number of fused-ring (bicyclic) bond motifs is 1. The van der Waals surface area contributed by atoms with Crippen LogP contribution in [0.3, 0.4) is 0 Å². The van der Waals surface area contributed by atoms with Gasteiger partial charge in [0, 0.05) is 13.1 Å². The van der Waals surface area contributed by atoms with Gasteiger partial charge in [-0.05, 0) is 52.8 Å². The van der Waals surface area contributed by atoms with Gasteiger partial charge in [0.15, 0.2) is 11.5 Å². The van der Waals surface area contributed by atoms with E-state index in [9.17, 15) is 4.79 Å². The monoisotopic (exact) mass is 343 g/mol. The molecule has 0 unspecified atom stereocenters. The van der Waals surface area contributed by atoms with Gasteiger partial charge in [-0.2, -0.15) is 0 Å². The topological polar surface area (TPSA) is 82.4 Å². The largest absolute Gasteiger partial charge is 0.454 e. The minimum Gasteiger partial charge on any atom is -0.454 e. The van der Waals surface area contributed by atoms with E-state index < -0.39 is 0 Å². The summed E-state index contributed by atoms with van der Waals surface area (Å²) in [5.74, 6) is 1.67. The van der Waals surface area contributed by atoms with E-state index in [1.54, 1.807) is 0 Å². The van der Waals surface area contributed by atoms with Crippen LogP contribution in [0.1, 0.15) is 25.3 Å². The van der Waals surface area contributed by atoms with Crippen molar-refractivity contribution in [2.45, 2.75) is 32.7 Å². The molecule has 0 aliphatic carbocycles. The minimum atomic E-state index is 0.0439. The molecule has 25 heavy (non-hydrogen) atoms. The Morgan fingerprint density at radius 2 is 2.20 bits per heavy atom. The van der Waals surface area contributed by atoms with Crippen molar-refractivity contribution in [1.82, 2.24) is 25.1 Å². The lowest BCUT2D eigenvalue weighted by molar-refractivity contribution is -0.135. The van der Waals surface area contributed by atoms with E-state index >= 15 is 0 Å². The second kappa shape index (κ2) is 6.34. The summed E-state index contributed by atoms with van der Waals surface area (Å²) in [5, 5.41) is 10.9. The molecule has 0 radical (unpaired) electrons. The number of hydrogen-bond acceptors (Lipinski definition) is 6. The van der Waals surface area contributed by atoms with Gasteiger partial charge in [0.1, 0.15) is 12.9 Å². The van der Waals surface area contributed by atoms with Crippen LogP contribution in [0.15, 0.2) is 24.5 Å². The van der Waals surface area contributed by atoms with Gasteiger partial charge in [0.2, 0.25) is 12.7 Å². The molecular weight excluding hydrogens is 322 g/mol. The van der Waals surface area contributed by atoms with E-state index in [2.05, 4.69) is 34.6 Å². The number of ether oxygens (including phenoxy) is 2. The Hall–Kier alpha value is -2.64. The SMILES string of the molecule is C[C@]1(Cc2ccc3c(c2)OCO3)CCCN(C(=O)Cn2cnnn2)C1. The fourth-order valence-electron chi connectivity index (χ4n) is 3.71. The number of rotatable bonds is 4. The zero-order valence-electron chi connectivity index (χ0n) is 14.2. The van der Waals surface area contributed by atoms with Crippen molar-refractivity contribution >= 4 is 5.91 Å². The van der Waals surface area contributed by atoms with Gasteiger partial charge in [-0.3, -0.25) is 4.79 Å². The molecule has 0 saturated carbocycles. The lowest BCUT2D eigenvalue weighted by Crippen LogP contribution is -2.46. The molecule has 1 amide bonds. The highest BCUT2D eigenvalue weighted by atomic mass is 16.7. The number of hydrogen-bond donors (Lipinski definition) is 0. The van der Waals surface area contributed by atoms with Gasteiger partial charge in [-0.25, -0.2) is 4.68 Å². The molecule has 2 aliphatic rings. The van der Waals surface area contributed by atoms with Crippen LogP contribution in [0.4, 0.5) is 0 Å². The molecule has 2 aliphatic heterocycles. The molecule has 3 heterocycles. The molecule has 1 aromatic heterocycles. The van der Waals surface area contributed by atoms with E-state index in [0.717, 1.165) is 43.9 Å². The summed E-state index contributed by atoms with van der Waals surface area (Å²) in [4.78, 5) is 14.5. The van der Waals surface area contributed by atoms with Gasteiger partial charge in [-0.15, -0.1) is 5.10 Å². The molecule has 0 bridgehead atoms. The quantitative estimate of drug-likeness (QED) is 0.831. The zero-order chi connectivity index (χ0) is 17.3. The number of tetrazole rings is 1. The predicted octanol–water partition coefficient (Wildman–Crippen LogP) is 1.27. The fraction of sp³-hybridized carbons (Fsp3) is 0.529. The molecule has 8 nitrogen and oxygen atoms in total. The first kappa shape index (κ1) is 15.9. The summed E-state index contributed by atoms with van der Waals surface area (Å²) >= 11 is 0. The normalized spacial score (nSPS) is 22.2. The number of piperidine rings is 1. The Bertz CT molecular complexity index is 764. The molecule has 0 spiro atoms. The third kappa shape index (κ3) is 3.42. The molecule has 4 rings (SSSR count). The van der Waals surface area contributed by atoms with Gasteiger partial charge in [0.25, 0.3) is 0 Å². The molecule has 1 fully saturated rings. The van der Waals surface area contributed by atoms with Gasteiger partial charge in [-0.1, -0.05) is 13.0 Å². The average Bonchev–Trinajstić information content (AvgIpc) is 3.25. The maximum absolute atomic E-state index is 12.5.